The van der Waals surface area contributed by atoms with Crippen LogP contribution in [0.1, 0.15) is 16.2 Å². The maximum atomic E-state index is 10.3. The third-order valence-corrected chi connectivity index (χ3v) is 1.13. The van der Waals surface area contributed by atoms with Crippen LogP contribution in [0.5, 0.6) is 0 Å². The summed E-state index contributed by atoms with van der Waals surface area (Å²) in [7, 11) is 0. The first-order chi connectivity index (χ1) is 4.61. The van der Waals surface area contributed by atoms with E-state index in [0.29, 0.717) is 0 Å². The van der Waals surface area contributed by atoms with E-state index in [1.54, 1.807) is 0 Å². The summed E-state index contributed by atoms with van der Waals surface area (Å²) in [6.45, 7) is 1.49. The normalized spacial score (nSPS) is 9.80. The number of aromatic carboxylic acids is 1. The topological polar surface area (TPSA) is 63.3 Å². The van der Waals surface area contributed by atoms with Gasteiger partial charge < -0.3 is 9.52 Å². The third kappa shape index (κ3) is 1.11. The largest absolute Gasteiger partial charge is 0.476 e. The van der Waals surface area contributed by atoms with Crippen molar-refractivity contribution in [2.24, 2.45) is 0 Å². The van der Waals surface area contributed by atoms with Crippen molar-refractivity contribution < 1.29 is 14.3 Å². The van der Waals surface area contributed by atoms with Crippen LogP contribution in [-0.4, -0.2) is 16.1 Å². The van der Waals surface area contributed by atoms with E-state index in [2.05, 4.69) is 9.40 Å². The number of aromatic nitrogens is 1. The van der Waals surface area contributed by atoms with Gasteiger partial charge >= 0.3 is 5.97 Å². The molecule has 0 saturated heterocycles. The zero-order valence-corrected chi connectivity index (χ0v) is 5.84. The minimum Gasteiger partial charge on any atom is -0.476 e. The molecule has 1 aromatic heterocycles. The quantitative estimate of drug-likeness (QED) is 0.675. The molecule has 5 heteroatoms. The zero-order chi connectivity index (χ0) is 7.72. The number of halogens is 1. The van der Waals surface area contributed by atoms with Crippen LogP contribution in [0.2, 0.25) is 5.35 Å². The Kier molecular flexibility index (Phi) is 1.63. The molecule has 10 heavy (non-hydrogen) atoms. The lowest BCUT2D eigenvalue weighted by molar-refractivity contribution is 0.0689. The molecule has 1 rings (SSSR count). The Morgan fingerprint density at radius 3 is 2.60 bits per heavy atom. The lowest BCUT2D eigenvalue weighted by Gasteiger charge is -1.82. The van der Waals surface area contributed by atoms with Gasteiger partial charge in [0.15, 0.2) is 5.69 Å². The molecule has 1 heterocycles. The fourth-order valence-electron chi connectivity index (χ4n) is 0.563. The predicted octanol–water partition coefficient (Wildman–Crippen LogP) is 1.33. The number of hydrogen-bond donors (Lipinski definition) is 1. The Morgan fingerprint density at radius 1 is 1.80 bits per heavy atom. The van der Waals surface area contributed by atoms with Crippen LogP contribution in [0, 0.1) is 6.92 Å². The molecule has 0 fully saturated rings. The minimum atomic E-state index is -1.13. The van der Waals surface area contributed by atoms with Gasteiger partial charge in [-0.05, 0) is 18.5 Å². The fourth-order valence-corrected chi connectivity index (χ4v) is 0.763. The predicted molar refractivity (Wildman–Crippen MR) is 33.2 cm³/mol. The molecule has 0 unspecified atom stereocenters. The molecule has 1 aromatic rings. The number of hydrogen-bond acceptors (Lipinski definition) is 3. The highest BCUT2D eigenvalue weighted by atomic mass is 35.5. The molecule has 1 N–H and O–H groups in total. The van der Waals surface area contributed by atoms with Crippen molar-refractivity contribution in [1.29, 1.82) is 0 Å². The number of rotatable bonds is 1. The molecule has 0 aromatic carbocycles. The number of carbonyl (C=O) groups is 1. The fraction of sp³-hybridized carbons (Fsp3) is 0.200. The van der Waals surface area contributed by atoms with Crippen molar-refractivity contribution in [2.75, 3.05) is 0 Å². The first kappa shape index (κ1) is 7.08. The van der Waals surface area contributed by atoms with Gasteiger partial charge in [-0.3, -0.25) is 0 Å². The summed E-state index contributed by atoms with van der Waals surface area (Å²) in [5, 5.41) is 8.25. The molecule has 0 atom stereocenters. The Balaban J connectivity index is 3.15. The van der Waals surface area contributed by atoms with Crippen LogP contribution < -0.4 is 0 Å². The summed E-state index contributed by atoms with van der Waals surface area (Å²) < 4.78 is 4.65. The molecule has 0 spiro atoms. The van der Waals surface area contributed by atoms with E-state index in [1.165, 1.54) is 6.92 Å². The number of carboxylic acids is 1. The zero-order valence-electron chi connectivity index (χ0n) is 5.09. The molecule has 54 valence electrons. The summed E-state index contributed by atoms with van der Waals surface area (Å²) in [6, 6.07) is 0. The summed E-state index contributed by atoms with van der Waals surface area (Å²) in [4.78, 5) is 13.7. The Labute approximate surface area is 61.4 Å². The smallest absolute Gasteiger partial charge is 0.358 e. The number of aryl methyl sites for hydroxylation is 1. The second-order valence-corrected chi connectivity index (χ2v) is 2.00. The van der Waals surface area contributed by atoms with Gasteiger partial charge in [0.1, 0.15) is 5.76 Å². The van der Waals surface area contributed by atoms with Crippen molar-refractivity contribution in [3.8, 4) is 0 Å². The molecule has 0 aliphatic heterocycles. The molecule has 0 aliphatic carbocycles. The maximum absolute atomic E-state index is 10.3. The Morgan fingerprint density at radius 2 is 2.40 bits per heavy atom. The summed E-state index contributed by atoms with van der Waals surface area (Å²) >= 11 is 5.27. The molecule has 4 nitrogen and oxygen atoms in total. The second-order valence-electron chi connectivity index (χ2n) is 1.68. The molecular weight excluding hydrogens is 158 g/mol. The van der Waals surface area contributed by atoms with Crippen molar-refractivity contribution in [3.63, 3.8) is 0 Å². The van der Waals surface area contributed by atoms with Gasteiger partial charge in [-0.25, -0.2) is 4.79 Å². The maximum Gasteiger partial charge on any atom is 0.358 e. The lowest BCUT2D eigenvalue weighted by Crippen LogP contribution is -1.97. The van der Waals surface area contributed by atoms with Gasteiger partial charge in [0.25, 0.3) is 5.35 Å². The first-order valence-corrected chi connectivity index (χ1v) is 2.85. The second kappa shape index (κ2) is 2.30. The standard InChI is InChI=1S/C5H4ClNO3/c1-2-3(4(8)9)7-5(6)10-2/h1H3,(H,8,9). The van der Waals surface area contributed by atoms with Crippen LogP contribution in [0.25, 0.3) is 0 Å². The van der Waals surface area contributed by atoms with Crippen molar-refractivity contribution >= 4 is 17.6 Å². The van der Waals surface area contributed by atoms with Crippen LogP contribution in [-0.2, 0) is 0 Å². The minimum absolute atomic E-state index is 0.134. The lowest BCUT2D eigenvalue weighted by atomic mass is 10.4. The van der Waals surface area contributed by atoms with E-state index in [4.69, 9.17) is 16.7 Å². The molecular formula is C5H4ClNO3. The number of oxazole rings is 1. The van der Waals surface area contributed by atoms with Crippen LogP contribution in [0.4, 0.5) is 0 Å². The number of carboxylic acid groups (broad SMARTS) is 1. The van der Waals surface area contributed by atoms with Crippen molar-refractivity contribution in [3.05, 3.63) is 16.8 Å². The Hall–Kier alpha value is -1.03. The number of nitrogens with zero attached hydrogens (tertiary/aromatic N) is 1. The van der Waals surface area contributed by atoms with Gasteiger partial charge in [-0.2, -0.15) is 4.98 Å². The van der Waals surface area contributed by atoms with Crippen molar-refractivity contribution in [1.82, 2.24) is 4.98 Å². The average Bonchev–Trinajstić information content (AvgIpc) is 2.10. The molecule has 0 radical (unpaired) electrons. The van der Waals surface area contributed by atoms with Gasteiger partial charge in [-0.15, -0.1) is 0 Å². The molecule has 0 amide bonds. The first-order valence-electron chi connectivity index (χ1n) is 2.47. The highest BCUT2D eigenvalue weighted by molar-refractivity contribution is 6.27. The highest BCUT2D eigenvalue weighted by Gasteiger charge is 2.13. The summed E-state index contributed by atoms with van der Waals surface area (Å²) in [6.07, 6.45) is 0. The SMILES string of the molecule is Cc1oc(Cl)nc1C(=O)O. The molecule has 0 saturated carbocycles. The van der Waals surface area contributed by atoms with E-state index in [-0.39, 0.29) is 16.8 Å². The Bertz CT molecular complexity index is 268. The van der Waals surface area contributed by atoms with Gasteiger partial charge in [0, 0.05) is 0 Å². The third-order valence-electron chi connectivity index (χ3n) is 0.973. The van der Waals surface area contributed by atoms with E-state index >= 15 is 0 Å². The summed E-state index contributed by atoms with van der Waals surface area (Å²) in [5.41, 5.74) is -0.134. The molecule has 0 bridgehead atoms. The van der Waals surface area contributed by atoms with Crippen molar-refractivity contribution in [2.45, 2.75) is 6.92 Å². The molecule has 0 aliphatic rings. The van der Waals surface area contributed by atoms with E-state index in [9.17, 15) is 4.79 Å². The van der Waals surface area contributed by atoms with Crippen LogP contribution in [0.15, 0.2) is 4.42 Å². The van der Waals surface area contributed by atoms with Crippen LogP contribution in [0.3, 0.4) is 0 Å². The monoisotopic (exact) mass is 161 g/mol. The van der Waals surface area contributed by atoms with E-state index < -0.39 is 5.97 Å². The van der Waals surface area contributed by atoms with E-state index in [1.807, 2.05) is 0 Å². The van der Waals surface area contributed by atoms with Gasteiger partial charge in [0.2, 0.25) is 0 Å². The highest BCUT2D eigenvalue weighted by Crippen LogP contribution is 2.13. The van der Waals surface area contributed by atoms with Gasteiger partial charge in [-0.1, -0.05) is 0 Å². The average molecular weight is 162 g/mol. The summed E-state index contributed by atoms with van der Waals surface area (Å²) in [5.74, 6) is -0.911. The van der Waals surface area contributed by atoms with Crippen LogP contribution >= 0.6 is 11.6 Å². The van der Waals surface area contributed by atoms with E-state index in [0.717, 1.165) is 0 Å². The van der Waals surface area contributed by atoms with Gasteiger partial charge in [0.05, 0.1) is 0 Å².